The molecule has 0 amide bonds. The van der Waals surface area contributed by atoms with Gasteiger partial charge in [0, 0.05) is 19.3 Å². The standard InChI is InChI=1S/C73H128O6/c1-4-7-10-13-16-19-22-25-28-29-30-31-32-33-34-35-36-37-38-39-40-41-42-43-46-48-51-54-57-60-63-66-72(75)78-69-70(79-73(76)67-64-61-58-55-52-49-45-27-24-21-18-15-12-9-6-3)68-77-71(74)65-62-59-56-53-50-47-44-26-23-20-17-14-11-8-5-2/h7,10,16,18-19,21,25,27-28,30-31,33-34,45,70H,4-6,8-9,11-15,17,20,22-24,26,29,32,35-44,46-69H2,1-3H3/b10-7-,19-16-,21-18-,28-25-,31-30-,34-33-,45-27-. The van der Waals surface area contributed by atoms with E-state index in [2.05, 4.69) is 106 Å². The first-order chi connectivity index (χ1) is 39.0. The Kier molecular flexibility index (Phi) is 64.2. The molecule has 1 atom stereocenters. The first kappa shape index (κ1) is 75.6. The van der Waals surface area contributed by atoms with E-state index in [1.807, 2.05) is 0 Å². The van der Waals surface area contributed by atoms with Gasteiger partial charge in [0.25, 0.3) is 0 Å². The third-order valence-corrected chi connectivity index (χ3v) is 14.9. The summed E-state index contributed by atoms with van der Waals surface area (Å²) in [5.74, 6) is -0.873. The van der Waals surface area contributed by atoms with Crippen LogP contribution in [0, 0.1) is 0 Å². The maximum Gasteiger partial charge on any atom is 0.306 e. The van der Waals surface area contributed by atoms with Crippen molar-refractivity contribution < 1.29 is 28.6 Å². The zero-order valence-electron chi connectivity index (χ0n) is 52.4. The molecule has 0 aromatic heterocycles. The number of allylic oxidation sites excluding steroid dienone is 14. The van der Waals surface area contributed by atoms with Crippen molar-refractivity contribution in [3.63, 3.8) is 0 Å². The number of hydrogen-bond acceptors (Lipinski definition) is 6. The Bertz CT molecular complexity index is 1500. The van der Waals surface area contributed by atoms with Gasteiger partial charge in [-0.05, 0) is 96.3 Å². The average Bonchev–Trinajstić information content (AvgIpc) is 3.45. The van der Waals surface area contributed by atoms with E-state index in [0.717, 1.165) is 116 Å². The molecule has 0 N–H and O–H groups in total. The summed E-state index contributed by atoms with van der Waals surface area (Å²) < 4.78 is 16.9. The molecule has 6 nitrogen and oxygen atoms in total. The Labute approximate surface area is 490 Å². The highest BCUT2D eigenvalue weighted by Gasteiger charge is 2.19. The molecule has 0 rings (SSSR count). The minimum absolute atomic E-state index is 0.0772. The Morgan fingerprint density at radius 2 is 0.494 bits per heavy atom. The lowest BCUT2D eigenvalue weighted by Crippen LogP contribution is -2.30. The van der Waals surface area contributed by atoms with Crippen LogP contribution in [0.4, 0.5) is 0 Å². The molecule has 0 aliphatic carbocycles. The van der Waals surface area contributed by atoms with Gasteiger partial charge in [-0.3, -0.25) is 14.4 Å². The fourth-order valence-corrected chi connectivity index (χ4v) is 9.80. The van der Waals surface area contributed by atoms with Crippen molar-refractivity contribution in [3.05, 3.63) is 85.1 Å². The van der Waals surface area contributed by atoms with Crippen molar-refractivity contribution in [1.29, 1.82) is 0 Å². The SMILES string of the molecule is CC/C=C\C/C=C\C/C=C\C/C=C\C/C=C\CCCCCCCCCCCCCCCCCC(=O)OCC(COC(=O)CCCCCCCCCCCCCCCCC)OC(=O)CCCCCCC/C=C\C/C=C\CCCCC. The lowest BCUT2D eigenvalue weighted by atomic mass is 10.0. The first-order valence-electron chi connectivity index (χ1n) is 34.1. The molecule has 0 heterocycles. The number of carbonyl (C=O) groups excluding carboxylic acids is 3. The number of carbonyl (C=O) groups is 3. The number of unbranched alkanes of at least 4 members (excludes halogenated alkanes) is 37. The van der Waals surface area contributed by atoms with Gasteiger partial charge in [-0.2, -0.15) is 0 Å². The highest BCUT2D eigenvalue weighted by atomic mass is 16.6. The van der Waals surface area contributed by atoms with Crippen LogP contribution < -0.4 is 0 Å². The van der Waals surface area contributed by atoms with Gasteiger partial charge in [-0.15, -0.1) is 0 Å². The summed E-state index contributed by atoms with van der Waals surface area (Å²) in [6.45, 7) is 6.53. The van der Waals surface area contributed by atoms with Gasteiger partial charge < -0.3 is 14.2 Å². The molecular weight excluding hydrogens is 973 g/mol. The lowest BCUT2D eigenvalue weighted by Gasteiger charge is -2.18. The lowest BCUT2D eigenvalue weighted by molar-refractivity contribution is -0.167. The molecule has 0 radical (unpaired) electrons. The Hall–Kier alpha value is -3.41. The van der Waals surface area contributed by atoms with E-state index in [-0.39, 0.29) is 31.1 Å². The van der Waals surface area contributed by atoms with Crippen LogP contribution in [0.15, 0.2) is 85.1 Å². The molecule has 1 unspecified atom stereocenters. The zero-order chi connectivity index (χ0) is 57.1. The predicted molar refractivity (Wildman–Crippen MR) is 344 cm³/mol. The minimum Gasteiger partial charge on any atom is -0.462 e. The van der Waals surface area contributed by atoms with Crippen molar-refractivity contribution in [3.8, 4) is 0 Å². The Balaban J connectivity index is 4.21. The third-order valence-electron chi connectivity index (χ3n) is 14.9. The number of rotatable bonds is 62. The summed E-state index contributed by atoms with van der Waals surface area (Å²) in [6.07, 6.45) is 88.9. The maximum atomic E-state index is 12.9. The molecular formula is C73H128O6. The monoisotopic (exact) mass is 1100 g/mol. The van der Waals surface area contributed by atoms with Gasteiger partial charge in [0.15, 0.2) is 6.10 Å². The first-order valence-corrected chi connectivity index (χ1v) is 34.1. The van der Waals surface area contributed by atoms with Crippen LogP contribution in [-0.2, 0) is 28.6 Å². The molecule has 0 saturated carbocycles. The fourth-order valence-electron chi connectivity index (χ4n) is 9.80. The van der Waals surface area contributed by atoms with Crippen LogP contribution in [0.1, 0.15) is 342 Å². The summed E-state index contributed by atoms with van der Waals surface area (Å²) in [4.78, 5) is 38.3. The van der Waals surface area contributed by atoms with Crippen LogP contribution in [0.25, 0.3) is 0 Å². The van der Waals surface area contributed by atoms with Crippen molar-refractivity contribution in [1.82, 2.24) is 0 Å². The Morgan fingerprint density at radius 1 is 0.266 bits per heavy atom. The van der Waals surface area contributed by atoms with E-state index in [1.54, 1.807) is 0 Å². The average molecular weight is 1100 g/mol. The Morgan fingerprint density at radius 3 is 0.797 bits per heavy atom. The van der Waals surface area contributed by atoms with Gasteiger partial charge in [0.2, 0.25) is 0 Å². The van der Waals surface area contributed by atoms with Crippen LogP contribution in [0.5, 0.6) is 0 Å². The van der Waals surface area contributed by atoms with Gasteiger partial charge in [-0.1, -0.05) is 311 Å². The second-order valence-electron chi connectivity index (χ2n) is 22.7. The normalized spacial score (nSPS) is 12.6. The van der Waals surface area contributed by atoms with Crippen LogP contribution in [0.2, 0.25) is 0 Å². The molecule has 6 heteroatoms. The van der Waals surface area contributed by atoms with E-state index in [0.29, 0.717) is 19.3 Å². The topological polar surface area (TPSA) is 78.9 Å². The molecule has 0 aliphatic rings. The predicted octanol–water partition coefficient (Wildman–Crippen LogP) is 23.4. The van der Waals surface area contributed by atoms with Crippen LogP contribution in [0.3, 0.4) is 0 Å². The number of ether oxygens (including phenoxy) is 3. The molecule has 0 aromatic rings. The summed E-state index contributed by atoms with van der Waals surface area (Å²) >= 11 is 0. The fraction of sp³-hybridized carbons (Fsp3) is 0.767. The maximum absolute atomic E-state index is 12.9. The van der Waals surface area contributed by atoms with E-state index in [9.17, 15) is 14.4 Å². The molecule has 79 heavy (non-hydrogen) atoms. The second kappa shape index (κ2) is 67.1. The molecule has 0 bridgehead atoms. The van der Waals surface area contributed by atoms with Gasteiger partial charge in [-0.25, -0.2) is 0 Å². The van der Waals surface area contributed by atoms with Gasteiger partial charge in [0.1, 0.15) is 13.2 Å². The smallest absolute Gasteiger partial charge is 0.306 e. The van der Waals surface area contributed by atoms with E-state index >= 15 is 0 Å². The summed E-state index contributed by atoms with van der Waals surface area (Å²) in [6, 6.07) is 0. The zero-order valence-corrected chi connectivity index (χ0v) is 52.4. The quantitative estimate of drug-likeness (QED) is 0.0261. The second-order valence-corrected chi connectivity index (χ2v) is 22.7. The van der Waals surface area contributed by atoms with E-state index < -0.39 is 6.10 Å². The molecule has 456 valence electrons. The number of esters is 3. The molecule has 0 aromatic carbocycles. The van der Waals surface area contributed by atoms with Crippen LogP contribution >= 0.6 is 0 Å². The van der Waals surface area contributed by atoms with E-state index in [1.165, 1.54) is 186 Å². The largest absolute Gasteiger partial charge is 0.462 e. The van der Waals surface area contributed by atoms with Gasteiger partial charge in [0.05, 0.1) is 0 Å². The van der Waals surface area contributed by atoms with Crippen LogP contribution in [-0.4, -0.2) is 37.2 Å². The summed E-state index contributed by atoms with van der Waals surface area (Å²) in [7, 11) is 0. The molecule has 0 fully saturated rings. The van der Waals surface area contributed by atoms with Crippen molar-refractivity contribution in [2.24, 2.45) is 0 Å². The molecule has 0 spiro atoms. The summed E-state index contributed by atoms with van der Waals surface area (Å²) in [5, 5.41) is 0. The highest BCUT2D eigenvalue weighted by molar-refractivity contribution is 5.71. The van der Waals surface area contributed by atoms with Crippen molar-refractivity contribution >= 4 is 17.9 Å². The number of hydrogen-bond donors (Lipinski definition) is 0. The van der Waals surface area contributed by atoms with Gasteiger partial charge >= 0.3 is 17.9 Å². The van der Waals surface area contributed by atoms with Crippen molar-refractivity contribution in [2.45, 2.75) is 348 Å². The molecule has 0 saturated heterocycles. The van der Waals surface area contributed by atoms with Crippen molar-refractivity contribution in [2.75, 3.05) is 13.2 Å². The van der Waals surface area contributed by atoms with E-state index in [4.69, 9.17) is 14.2 Å². The third kappa shape index (κ3) is 65.3. The highest BCUT2D eigenvalue weighted by Crippen LogP contribution is 2.17. The summed E-state index contributed by atoms with van der Waals surface area (Å²) in [5.41, 5.74) is 0. The molecule has 0 aliphatic heterocycles. The minimum atomic E-state index is -0.782.